The first kappa shape index (κ1) is 22.3. The van der Waals surface area contributed by atoms with Gasteiger partial charge in [-0.05, 0) is 29.3 Å². The van der Waals surface area contributed by atoms with Crippen molar-refractivity contribution in [2.24, 2.45) is 0 Å². The Morgan fingerprint density at radius 1 is 1.06 bits per heavy atom. The van der Waals surface area contributed by atoms with E-state index in [1.54, 1.807) is 30.3 Å². The minimum Gasteiger partial charge on any atom is -0.379 e. The summed E-state index contributed by atoms with van der Waals surface area (Å²) in [4.78, 5) is 12.4. The zero-order valence-electron chi connectivity index (χ0n) is 17.2. The molecular formula is C22H22N4O4S2. The van der Waals surface area contributed by atoms with Gasteiger partial charge in [-0.2, -0.15) is 4.31 Å². The highest BCUT2D eigenvalue weighted by atomic mass is 32.2. The summed E-state index contributed by atoms with van der Waals surface area (Å²) in [5.41, 5.74) is 1.84. The maximum absolute atomic E-state index is 12.7. The van der Waals surface area contributed by atoms with Crippen LogP contribution < -0.4 is 5.32 Å². The van der Waals surface area contributed by atoms with Gasteiger partial charge in [-0.15, -0.1) is 10.2 Å². The number of ether oxygens (including phenoxy) is 1. The summed E-state index contributed by atoms with van der Waals surface area (Å²) in [6, 6.07) is 16.3. The van der Waals surface area contributed by atoms with Gasteiger partial charge in [0.1, 0.15) is 5.01 Å². The van der Waals surface area contributed by atoms with Crippen molar-refractivity contribution < 1.29 is 17.9 Å². The van der Waals surface area contributed by atoms with Gasteiger partial charge in [0.05, 0.1) is 18.1 Å². The number of hydrogen-bond donors (Lipinski definition) is 1. The third kappa shape index (κ3) is 5.65. The molecule has 2 aromatic carbocycles. The monoisotopic (exact) mass is 470 g/mol. The van der Waals surface area contributed by atoms with Crippen LogP contribution in [-0.4, -0.2) is 55.1 Å². The molecule has 32 heavy (non-hydrogen) atoms. The van der Waals surface area contributed by atoms with Crippen LogP contribution in [0.2, 0.25) is 0 Å². The number of nitrogens with zero attached hydrogens (tertiary/aromatic N) is 3. The van der Waals surface area contributed by atoms with Crippen LogP contribution in [0.1, 0.15) is 16.1 Å². The molecular weight excluding hydrogens is 448 g/mol. The molecule has 1 amide bonds. The number of sulfonamides is 1. The summed E-state index contributed by atoms with van der Waals surface area (Å²) in [6.07, 6.45) is 3.65. The zero-order chi connectivity index (χ0) is 22.4. The molecule has 0 bridgehead atoms. The number of carbonyl (C=O) groups excluding carboxylic acids is 1. The normalized spacial score (nSPS) is 15.1. The number of amides is 1. The molecule has 0 unspecified atom stereocenters. The molecule has 0 atom stereocenters. The number of nitrogens with one attached hydrogen (secondary N) is 1. The van der Waals surface area contributed by atoms with Crippen molar-refractivity contribution >= 4 is 38.5 Å². The van der Waals surface area contributed by atoms with Crippen molar-refractivity contribution in [1.29, 1.82) is 0 Å². The minimum absolute atomic E-state index is 0.223. The SMILES string of the molecule is O=C(/C=C/c1ccc(S(=O)(=O)N2CCOCC2)cc1)Nc1nnc(Cc2ccccc2)s1. The second-order valence-corrected chi connectivity index (χ2v) is 10.1. The van der Waals surface area contributed by atoms with E-state index in [0.29, 0.717) is 43.4 Å². The lowest BCUT2D eigenvalue weighted by Gasteiger charge is -2.26. The molecule has 1 N–H and O–H groups in total. The molecule has 0 spiro atoms. The van der Waals surface area contributed by atoms with E-state index in [4.69, 9.17) is 4.74 Å². The number of anilines is 1. The molecule has 2 heterocycles. The lowest BCUT2D eigenvalue weighted by molar-refractivity contribution is -0.111. The average molecular weight is 471 g/mol. The van der Waals surface area contributed by atoms with Crippen LogP contribution in [0.15, 0.2) is 65.6 Å². The van der Waals surface area contributed by atoms with Gasteiger partial charge >= 0.3 is 0 Å². The molecule has 8 nitrogen and oxygen atoms in total. The first-order chi connectivity index (χ1) is 15.5. The fourth-order valence-corrected chi connectivity index (χ4v) is 5.34. The highest BCUT2D eigenvalue weighted by Gasteiger charge is 2.25. The molecule has 1 aliphatic heterocycles. The van der Waals surface area contributed by atoms with Gasteiger partial charge in [0.15, 0.2) is 0 Å². The van der Waals surface area contributed by atoms with Crippen molar-refractivity contribution in [3.63, 3.8) is 0 Å². The van der Waals surface area contributed by atoms with E-state index in [1.165, 1.54) is 21.7 Å². The van der Waals surface area contributed by atoms with Crippen molar-refractivity contribution in [3.05, 3.63) is 76.8 Å². The minimum atomic E-state index is -3.54. The summed E-state index contributed by atoms with van der Waals surface area (Å²) >= 11 is 1.33. The predicted molar refractivity (Wildman–Crippen MR) is 123 cm³/mol. The molecule has 0 radical (unpaired) electrons. The Balaban J connectivity index is 1.34. The van der Waals surface area contributed by atoms with Crippen molar-refractivity contribution in [2.75, 3.05) is 31.6 Å². The molecule has 1 saturated heterocycles. The Morgan fingerprint density at radius 2 is 1.78 bits per heavy atom. The highest BCUT2D eigenvalue weighted by Crippen LogP contribution is 2.20. The van der Waals surface area contributed by atoms with E-state index in [0.717, 1.165) is 10.6 Å². The third-order valence-electron chi connectivity index (χ3n) is 4.81. The number of morpholine rings is 1. The van der Waals surface area contributed by atoms with Crippen LogP contribution >= 0.6 is 11.3 Å². The van der Waals surface area contributed by atoms with Crippen LogP contribution in [0.5, 0.6) is 0 Å². The quantitative estimate of drug-likeness (QED) is 0.533. The summed E-state index contributed by atoms with van der Waals surface area (Å²) in [5, 5.41) is 12.1. The van der Waals surface area contributed by atoms with Gasteiger partial charge in [-0.1, -0.05) is 53.8 Å². The molecule has 1 fully saturated rings. The number of hydrogen-bond acceptors (Lipinski definition) is 7. The van der Waals surface area contributed by atoms with E-state index in [2.05, 4.69) is 15.5 Å². The predicted octanol–water partition coefficient (Wildman–Crippen LogP) is 2.80. The first-order valence-corrected chi connectivity index (χ1v) is 12.3. The number of aromatic nitrogens is 2. The summed E-state index contributed by atoms with van der Waals surface area (Å²) in [5.74, 6) is -0.336. The van der Waals surface area contributed by atoms with Gasteiger partial charge in [0.25, 0.3) is 0 Å². The Kier molecular flexibility index (Phi) is 7.05. The second kappa shape index (κ2) is 10.1. The van der Waals surface area contributed by atoms with Gasteiger partial charge in [0.2, 0.25) is 21.1 Å². The van der Waals surface area contributed by atoms with Crippen LogP contribution in [0.25, 0.3) is 6.08 Å². The highest BCUT2D eigenvalue weighted by molar-refractivity contribution is 7.89. The van der Waals surface area contributed by atoms with E-state index in [1.807, 2.05) is 30.3 Å². The smallest absolute Gasteiger partial charge is 0.250 e. The first-order valence-electron chi connectivity index (χ1n) is 10.0. The van der Waals surface area contributed by atoms with Gasteiger partial charge < -0.3 is 4.74 Å². The molecule has 1 aromatic heterocycles. The maximum Gasteiger partial charge on any atom is 0.250 e. The van der Waals surface area contributed by atoms with Crippen LogP contribution in [0.3, 0.4) is 0 Å². The summed E-state index contributed by atoms with van der Waals surface area (Å²) in [7, 11) is -3.54. The molecule has 0 aliphatic carbocycles. The number of carbonyl (C=O) groups is 1. The van der Waals surface area contributed by atoms with E-state index in [-0.39, 0.29) is 10.8 Å². The second-order valence-electron chi connectivity index (χ2n) is 7.07. The Hall–Kier alpha value is -2.92. The topological polar surface area (TPSA) is 101 Å². The van der Waals surface area contributed by atoms with Crippen molar-refractivity contribution in [1.82, 2.24) is 14.5 Å². The molecule has 10 heteroatoms. The fourth-order valence-electron chi connectivity index (χ4n) is 3.15. The Labute approximate surface area is 190 Å². The summed E-state index contributed by atoms with van der Waals surface area (Å²) in [6.45, 7) is 1.50. The largest absolute Gasteiger partial charge is 0.379 e. The molecule has 0 saturated carbocycles. The lowest BCUT2D eigenvalue weighted by atomic mass is 10.2. The van der Waals surface area contributed by atoms with Crippen molar-refractivity contribution in [3.8, 4) is 0 Å². The standard InChI is InChI=1S/C22H22N4O4S2/c27-20(23-22-25-24-21(31-22)16-18-4-2-1-3-5-18)11-8-17-6-9-19(10-7-17)32(28,29)26-12-14-30-15-13-26/h1-11H,12-16H2,(H,23,25,27)/b11-8+. The van der Waals surface area contributed by atoms with Gasteiger partial charge in [0, 0.05) is 25.6 Å². The Bertz CT molecular complexity index is 1190. The van der Waals surface area contributed by atoms with E-state index >= 15 is 0 Å². The lowest BCUT2D eigenvalue weighted by Crippen LogP contribution is -2.40. The van der Waals surface area contributed by atoms with E-state index in [9.17, 15) is 13.2 Å². The maximum atomic E-state index is 12.7. The van der Waals surface area contributed by atoms with Crippen LogP contribution in [-0.2, 0) is 26.0 Å². The van der Waals surface area contributed by atoms with Crippen molar-refractivity contribution in [2.45, 2.75) is 11.3 Å². The third-order valence-corrected chi connectivity index (χ3v) is 7.56. The zero-order valence-corrected chi connectivity index (χ0v) is 18.8. The summed E-state index contributed by atoms with van der Waals surface area (Å²) < 4.78 is 32.0. The van der Waals surface area contributed by atoms with E-state index < -0.39 is 10.0 Å². The molecule has 4 rings (SSSR count). The Morgan fingerprint density at radius 3 is 2.50 bits per heavy atom. The number of rotatable bonds is 7. The molecule has 1 aliphatic rings. The number of benzene rings is 2. The van der Waals surface area contributed by atoms with Crippen LogP contribution in [0.4, 0.5) is 5.13 Å². The van der Waals surface area contributed by atoms with Gasteiger partial charge in [-0.25, -0.2) is 8.42 Å². The average Bonchev–Trinajstić information content (AvgIpc) is 3.25. The molecule has 166 valence electrons. The fraction of sp³-hybridized carbons (Fsp3) is 0.227. The molecule has 3 aromatic rings. The van der Waals surface area contributed by atoms with Gasteiger partial charge in [-0.3, -0.25) is 10.1 Å². The van der Waals surface area contributed by atoms with Crippen LogP contribution in [0, 0.1) is 0 Å².